The normalized spacial score (nSPS) is 10.8. The Labute approximate surface area is 183 Å². The SMILES string of the molecule is C=CC(=N)c1c(N)ncnc1NCc1cc2cccc(C)c2c(=O)n1-c1ccccc1F. The maximum Gasteiger partial charge on any atom is 0.263 e. The number of nitrogens with zero attached hydrogens (tertiary/aromatic N) is 3. The number of pyridine rings is 1. The third-order valence-corrected chi connectivity index (χ3v) is 5.21. The van der Waals surface area contributed by atoms with Crippen LogP contribution in [0.5, 0.6) is 0 Å². The fourth-order valence-electron chi connectivity index (χ4n) is 3.69. The maximum absolute atomic E-state index is 14.7. The summed E-state index contributed by atoms with van der Waals surface area (Å²) < 4.78 is 16.1. The summed E-state index contributed by atoms with van der Waals surface area (Å²) in [6.07, 6.45) is 2.62. The first kappa shape index (κ1) is 20.9. The molecule has 0 radical (unpaired) electrons. The second-order valence-corrected chi connectivity index (χ2v) is 7.22. The molecular formula is C24H21FN6O. The van der Waals surface area contributed by atoms with Crippen LogP contribution in [-0.4, -0.2) is 20.2 Å². The number of nitrogen functional groups attached to an aromatic ring is 1. The second-order valence-electron chi connectivity index (χ2n) is 7.22. The average Bonchev–Trinajstić information content (AvgIpc) is 2.78. The molecule has 0 fully saturated rings. The van der Waals surface area contributed by atoms with Gasteiger partial charge in [0.1, 0.15) is 23.8 Å². The van der Waals surface area contributed by atoms with Crippen LogP contribution in [0.15, 0.2) is 72.3 Å². The Morgan fingerprint density at radius 3 is 2.78 bits per heavy atom. The van der Waals surface area contributed by atoms with Gasteiger partial charge in [0.05, 0.1) is 28.9 Å². The molecule has 0 aliphatic rings. The smallest absolute Gasteiger partial charge is 0.263 e. The number of allylic oxidation sites excluding steroid dienone is 1. The van der Waals surface area contributed by atoms with E-state index in [1.54, 1.807) is 18.2 Å². The first-order chi connectivity index (χ1) is 15.4. The molecule has 7 nitrogen and oxygen atoms in total. The van der Waals surface area contributed by atoms with Gasteiger partial charge in [0, 0.05) is 5.69 Å². The van der Waals surface area contributed by atoms with Gasteiger partial charge in [-0.25, -0.2) is 14.4 Å². The Morgan fingerprint density at radius 2 is 2.03 bits per heavy atom. The van der Waals surface area contributed by atoms with Crippen molar-refractivity contribution >= 4 is 28.1 Å². The maximum atomic E-state index is 14.7. The number of fused-ring (bicyclic) bond motifs is 1. The quantitative estimate of drug-likeness (QED) is 0.403. The molecule has 2 aromatic heterocycles. The molecule has 2 heterocycles. The van der Waals surface area contributed by atoms with Crippen molar-refractivity contribution in [3.05, 3.63) is 101 Å². The fraction of sp³-hybridized carbons (Fsp3) is 0.0833. The lowest BCUT2D eigenvalue weighted by Crippen LogP contribution is -2.25. The van der Waals surface area contributed by atoms with Gasteiger partial charge in [0.2, 0.25) is 0 Å². The van der Waals surface area contributed by atoms with Crippen LogP contribution in [0.3, 0.4) is 0 Å². The number of aromatic nitrogens is 3. The molecule has 4 aromatic rings. The van der Waals surface area contributed by atoms with Crippen molar-refractivity contribution in [1.82, 2.24) is 14.5 Å². The van der Waals surface area contributed by atoms with Crippen LogP contribution in [0.4, 0.5) is 16.0 Å². The minimum atomic E-state index is -0.510. The van der Waals surface area contributed by atoms with E-state index in [0.717, 1.165) is 10.9 Å². The van der Waals surface area contributed by atoms with Crippen LogP contribution >= 0.6 is 0 Å². The van der Waals surface area contributed by atoms with Gasteiger partial charge in [-0.05, 0) is 42.1 Å². The number of para-hydroxylation sites is 1. The number of hydrogen-bond acceptors (Lipinski definition) is 6. The van der Waals surface area contributed by atoms with E-state index in [0.29, 0.717) is 22.5 Å². The molecule has 0 saturated heterocycles. The summed E-state index contributed by atoms with van der Waals surface area (Å²) in [4.78, 5) is 21.6. The van der Waals surface area contributed by atoms with E-state index >= 15 is 0 Å². The van der Waals surface area contributed by atoms with Crippen molar-refractivity contribution in [3.63, 3.8) is 0 Å². The number of aryl methyl sites for hydroxylation is 1. The molecule has 0 aliphatic heterocycles. The Hall–Kier alpha value is -4.33. The van der Waals surface area contributed by atoms with Gasteiger partial charge in [0.25, 0.3) is 5.56 Å². The van der Waals surface area contributed by atoms with E-state index in [2.05, 4.69) is 21.9 Å². The number of benzene rings is 2. The molecule has 0 aliphatic carbocycles. The van der Waals surface area contributed by atoms with Crippen molar-refractivity contribution < 1.29 is 4.39 Å². The summed E-state index contributed by atoms with van der Waals surface area (Å²) in [6, 6.07) is 13.5. The molecule has 160 valence electrons. The zero-order valence-electron chi connectivity index (χ0n) is 17.4. The third kappa shape index (κ3) is 3.62. The number of nitrogens with two attached hydrogens (primary N) is 1. The minimum Gasteiger partial charge on any atom is -0.383 e. The van der Waals surface area contributed by atoms with Crippen LogP contribution in [0.1, 0.15) is 16.8 Å². The van der Waals surface area contributed by atoms with Gasteiger partial charge in [-0.2, -0.15) is 0 Å². The molecule has 8 heteroatoms. The highest BCUT2D eigenvalue weighted by molar-refractivity contribution is 6.12. The third-order valence-electron chi connectivity index (χ3n) is 5.21. The van der Waals surface area contributed by atoms with Gasteiger partial charge < -0.3 is 16.5 Å². The largest absolute Gasteiger partial charge is 0.383 e. The topological polar surface area (TPSA) is 110 Å². The van der Waals surface area contributed by atoms with Crippen molar-refractivity contribution in [2.75, 3.05) is 11.1 Å². The van der Waals surface area contributed by atoms with Gasteiger partial charge in [0.15, 0.2) is 0 Å². The number of nitrogens with one attached hydrogen (secondary N) is 2. The highest BCUT2D eigenvalue weighted by Crippen LogP contribution is 2.23. The van der Waals surface area contributed by atoms with Gasteiger partial charge >= 0.3 is 0 Å². The van der Waals surface area contributed by atoms with Crippen molar-refractivity contribution in [1.29, 1.82) is 5.41 Å². The average molecular weight is 428 g/mol. The first-order valence-corrected chi connectivity index (χ1v) is 9.87. The highest BCUT2D eigenvalue weighted by Gasteiger charge is 2.17. The minimum absolute atomic E-state index is 0.0613. The zero-order chi connectivity index (χ0) is 22.8. The molecule has 32 heavy (non-hydrogen) atoms. The van der Waals surface area contributed by atoms with Crippen LogP contribution < -0.4 is 16.6 Å². The van der Waals surface area contributed by atoms with Crippen molar-refractivity contribution in [2.45, 2.75) is 13.5 Å². The predicted molar refractivity (Wildman–Crippen MR) is 125 cm³/mol. The summed E-state index contributed by atoms with van der Waals surface area (Å²) in [5, 5.41) is 12.5. The van der Waals surface area contributed by atoms with E-state index in [4.69, 9.17) is 11.1 Å². The van der Waals surface area contributed by atoms with E-state index in [1.165, 1.54) is 23.0 Å². The number of hydrogen-bond donors (Lipinski definition) is 3. The fourth-order valence-corrected chi connectivity index (χ4v) is 3.69. The van der Waals surface area contributed by atoms with Crippen LogP contribution in [0.2, 0.25) is 0 Å². The summed E-state index contributed by atoms with van der Waals surface area (Å²) in [7, 11) is 0. The zero-order valence-corrected chi connectivity index (χ0v) is 17.4. The lowest BCUT2D eigenvalue weighted by atomic mass is 10.1. The Morgan fingerprint density at radius 1 is 1.25 bits per heavy atom. The van der Waals surface area contributed by atoms with Crippen LogP contribution in [0.25, 0.3) is 16.5 Å². The van der Waals surface area contributed by atoms with E-state index in [-0.39, 0.29) is 29.3 Å². The molecule has 0 spiro atoms. The summed E-state index contributed by atoms with van der Waals surface area (Å²) in [6.45, 7) is 5.58. The van der Waals surface area contributed by atoms with Gasteiger partial charge in [-0.3, -0.25) is 9.36 Å². The summed E-state index contributed by atoms with van der Waals surface area (Å²) in [5.74, 6) is -0.0588. The lowest BCUT2D eigenvalue weighted by molar-refractivity contribution is 0.614. The molecule has 0 unspecified atom stereocenters. The van der Waals surface area contributed by atoms with Gasteiger partial charge in [-0.1, -0.05) is 36.9 Å². The molecule has 0 atom stereocenters. The monoisotopic (exact) mass is 428 g/mol. The first-order valence-electron chi connectivity index (χ1n) is 9.87. The van der Waals surface area contributed by atoms with E-state index in [1.807, 2.05) is 31.2 Å². The second kappa shape index (κ2) is 8.43. The Bertz CT molecular complexity index is 1430. The molecule has 4 rings (SSSR count). The molecular weight excluding hydrogens is 407 g/mol. The molecule has 0 saturated carbocycles. The number of rotatable bonds is 6. The summed E-state index contributed by atoms with van der Waals surface area (Å²) in [5.41, 5.74) is 7.47. The standard InChI is InChI=1S/C24H21FN6O/c1-3-18(26)21-22(27)29-13-30-23(21)28-12-16-11-15-8-6-7-14(2)20(15)24(32)31(16)19-10-5-4-9-17(19)25/h3-11,13,26H,1,12H2,2H3,(H3,27,28,29,30). The van der Waals surface area contributed by atoms with E-state index in [9.17, 15) is 9.18 Å². The predicted octanol–water partition coefficient (Wildman–Crippen LogP) is 3.98. The number of anilines is 2. The van der Waals surface area contributed by atoms with E-state index < -0.39 is 5.82 Å². The molecule has 2 aromatic carbocycles. The lowest BCUT2D eigenvalue weighted by Gasteiger charge is -2.18. The van der Waals surface area contributed by atoms with Crippen LogP contribution in [-0.2, 0) is 6.54 Å². The van der Waals surface area contributed by atoms with Crippen molar-refractivity contribution in [2.24, 2.45) is 0 Å². The Kier molecular flexibility index (Phi) is 5.51. The van der Waals surface area contributed by atoms with Gasteiger partial charge in [-0.15, -0.1) is 0 Å². The number of halogens is 1. The van der Waals surface area contributed by atoms with Crippen LogP contribution in [0, 0.1) is 18.2 Å². The molecule has 0 bridgehead atoms. The highest BCUT2D eigenvalue weighted by atomic mass is 19.1. The molecule has 4 N–H and O–H groups in total. The Balaban J connectivity index is 1.89. The summed E-state index contributed by atoms with van der Waals surface area (Å²) >= 11 is 0. The van der Waals surface area contributed by atoms with Crippen molar-refractivity contribution in [3.8, 4) is 5.69 Å². The molecule has 0 amide bonds.